The van der Waals surface area contributed by atoms with E-state index in [1.54, 1.807) is 25.3 Å². The lowest BCUT2D eigenvalue weighted by Crippen LogP contribution is -1.97. The summed E-state index contributed by atoms with van der Waals surface area (Å²) >= 11 is 2.15. The van der Waals surface area contributed by atoms with Gasteiger partial charge in [-0.1, -0.05) is 0 Å². The maximum atomic E-state index is 13.7. The van der Waals surface area contributed by atoms with E-state index in [9.17, 15) is 4.39 Å². The lowest BCUT2D eigenvalue weighted by Gasteiger charge is -2.11. The topological polar surface area (TPSA) is 47.3 Å². The number of hydrogen-bond acceptors (Lipinski definition) is 3. The molecule has 0 aliphatic carbocycles. The average molecular weight is 358 g/mol. The Kier molecular flexibility index (Phi) is 3.90. The van der Waals surface area contributed by atoms with E-state index < -0.39 is 0 Å². The number of anilines is 3. The number of ether oxygens (including phenoxy) is 1. The number of rotatable bonds is 3. The minimum Gasteiger partial charge on any atom is -0.497 e. The molecule has 0 atom stereocenters. The fourth-order valence-electron chi connectivity index (χ4n) is 1.50. The minimum atomic E-state index is -0.330. The summed E-state index contributed by atoms with van der Waals surface area (Å²) in [4.78, 5) is 0. The van der Waals surface area contributed by atoms with E-state index in [-0.39, 0.29) is 5.82 Å². The van der Waals surface area contributed by atoms with E-state index in [0.717, 1.165) is 9.26 Å². The van der Waals surface area contributed by atoms with Gasteiger partial charge in [0.2, 0.25) is 0 Å². The summed E-state index contributed by atoms with van der Waals surface area (Å²) < 4.78 is 19.7. The van der Waals surface area contributed by atoms with Gasteiger partial charge in [-0.2, -0.15) is 0 Å². The molecule has 18 heavy (non-hydrogen) atoms. The molecule has 0 saturated heterocycles. The molecule has 0 aliphatic rings. The van der Waals surface area contributed by atoms with Crippen molar-refractivity contribution in [3.05, 3.63) is 45.8 Å². The number of nitrogens with one attached hydrogen (secondary N) is 1. The molecular formula is C13H12FIN2O. The van der Waals surface area contributed by atoms with Crippen LogP contribution in [0.3, 0.4) is 0 Å². The van der Waals surface area contributed by atoms with Crippen LogP contribution in [-0.4, -0.2) is 7.11 Å². The molecule has 5 heteroatoms. The second kappa shape index (κ2) is 5.43. The predicted octanol–water partition coefficient (Wildman–Crippen LogP) is 3.76. The first kappa shape index (κ1) is 12.9. The third-order valence-corrected chi connectivity index (χ3v) is 3.33. The molecule has 0 fully saturated rings. The molecule has 0 unspecified atom stereocenters. The molecule has 2 aromatic rings. The van der Waals surface area contributed by atoms with Crippen LogP contribution in [0, 0.1) is 9.39 Å². The van der Waals surface area contributed by atoms with Gasteiger partial charge in [-0.15, -0.1) is 0 Å². The highest BCUT2D eigenvalue weighted by atomic mass is 127. The van der Waals surface area contributed by atoms with Crippen molar-refractivity contribution in [1.29, 1.82) is 0 Å². The van der Waals surface area contributed by atoms with Gasteiger partial charge in [0.15, 0.2) is 0 Å². The Labute approximate surface area is 118 Å². The van der Waals surface area contributed by atoms with Crippen molar-refractivity contribution < 1.29 is 9.13 Å². The van der Waals surface area contributed by atoms with Crippen LogP contribution in [-0.2, 0) is 0 Å². The molecule has 0 bridgehead atoms. The standard InChI is InChI=1S/C13H12FIN2O/c1-18-9-3-4-10(14)13(7-9)17-12-5-2-8(16)6-11(12)15/h2-7,17H,16H2,1H3. The molecule has 0 aromatic heterocycles. The van der Waals surface area contributed by atoms with Gasteiger partial charge in [-0.25, -0.2) is 4.39 Å². The molecule has 3 nitrogen and oxygen atoms in total. The molecule has 2 rings (SSSR count). The van der Waals surface area contributed by atoms with Gasteiger partial charge >= 0.3 is 0 Å². The van der Waals surface area contributed by atoms with Gasteiger partial charge in [-0.05, 0) is 52.9 Å². The first-order valence-corrected chi connectivity index (χ1v) is 6.33. The molecule has 0 spiro atoms. The maximum Gasteiger partial charge on any atom is 0.146 e. The highest BCUT2D eigenvalue weighted by Gasteiger charge is 2.06. The Balaban J connectivity index is 2.33. The summed E-state index contributed by atoms with van der Waals surface area (Å²) in [6.07, 6.45) is 0. The number of methoxy groups -OCH3 is 1. The Bertz CT molecular complexity index is 575. The average Bonchev–Trinajstić information content (AvgIpc) is 2.35. The van der Waals surface area contributed by atoms with Crippen LogP contribution >= 0.6 is 22.6 Å². The summed E-state index contributed by atoms with van der Waals surface area (Å²) in [6.45, 7) is 0. The Morgan fingerprint density at radius 3 is 2.61 bits per heavy atom. The lowest BCUT2D eigenvalue weighted by molar-refractivity contribution is 0.414. The van der Waals surface area contributed by atoms with Crippen LogP contribution in [0.2, 0.25) is 0 Å². The molecule has 0 heterocycles. The zero-order chi connectivity index (χ0) is 13.1. The van der Waals surface area contributed by atoms with Crippen molar-refractivity contribution >= 4 is 39.7 Å². The SMILES string of the molecule is COc1ccc(F)c(Nc2ccc(N)cc2I)c1. The fraction of sp³-hybridized carbons (Fsp3) is 0.0769. The summed E-state index contributed by atoms with van der Waals surface area (Å²) in [5.74, 6) is 0.271. The highest BCUT2D eigenvalue weighted by molar-refractivity contribution is 14.1. The predicted molar refractivity (Wildman–Crippen MR) is 79.8 cm³/mol. The fourth-order valence-corrected chi connectivity index (χ4v) is 2.18. The first-order chi connectivity index (χ1) is 8.60. The third kappa shape index (κ3) is 2.84. The zero-order valence-corrected chi connectivity index (χ0v) is 11.9. The summed E-state index contributed by atoms with van der Waals surface area (Å²) in [7, 11) is 1.55. The molecule has 0 amide bonds. The van der Waals surface area contributed by atoms with Crippen LogP contribution in [0.4, 0.5) is 21.5 Å². The van der Waals surface area contributed by atoms with Crippen LogP contribution in [0.15, 0.2) is 36.4 Å². The van der Waals surface area contributed by atoms with Crippen LogP contribution in [0.25, 0.3) is 0 Å². The van der Waals surface area contributed by atoms with Gasteiger partial charge in [0.05, 0.1) is 18.5 Å². The Morgan fingerprint density at radius 1 is 1.17 bits per heavy atom. The Hall–Kier alpha value is -1.50. The van der Waals surface area contributed by atoms with Crippen molar-refractivity contribution in [2.24, 2.45) is 0 Å². The maximum absolute atomic E-state index is 13.7. The van der Waals surface area contributed by atoms with Gasteiger partial charge < -0.3 is 15.8 Å². The van der Waals surface area contributed by atoms with E-state index >= 15 is 0 Å². The van der Waals surface area contributed by atoms with Crippen molar-refractivity contribution in [3.63, 3.8) is 0 Å². The minimum absolute atomic E-state index is 0.330. The van der Waals surface area contributed by atoms with Crippen LogP contribution in [0.1, 0.15) is 0 Å². The van der Waals surface area contributed by atoms with E-state index in [1.807, 2.05) is 12.1 Å². The second-order valence-electron chi connectivity index (χ2n) is 3.71. The first-order valence-electron chi connectivity index (χ1n) is 5.26. The molecule has 2 aromatic carbocycles. The Morgan fingerprint density at radius 2 is 1.94 bits per heavy atom. The van der Waals surface area contributed by atoms with E-state index in [1.165, 1.54) is 6.07 Å². The second-order valence-corrected chi connectivity index (χ2v) is 4.87. The summed E-state index contributed by atoms with van der Waals surface area (Å²) in [6, 6.07) is 9.96. The number of nitrogen functional groups attached to an aromatic ring is 1. The van der Waals surface area contributed by atoms with Crippen molar-refractivity contribution in [3.8, 4) is 5.75 Å². The highest BCUT2D eigenvalue weighted by Crippen LogP contribution is 2.28. The molecule has 0 radical (unpaired) electrons. The normalized spacial score (nSPS) is 10.2. The molecule has 94 valence electrons. The third-order valence-electron chi connectivity index (χ3n) is 2.44. The number of halogens is 2. The quantitative estimate of drug-likeness (QED) is 0.649. The van der Waals surface area contributed by atoms with Crippen molar-refractivity contribution in [2.45, 2.75) is 0 Å². The van der Waals surface area contributed by atoms with Crippen LogP contribution < -0.4 is 15.8 Å². The zero-order valence-electron chi connectivity index (χ0n) is 9.71. The summed E-state index contributed by atoms with van der Waals surface area (Å²) in [5, 5.41) is 3.02. The lowest BCUT2D eigenvalue weighted by atomic mass is 10.2. The van der Waals surface area contributed by atoms with Gasteiger partial charge in [0.1, 0.15) is 11.6 Å². The number of nitrogens with two attached hydrogens (primary N) is 1. The van der Waals surface area contributed by atoms with Gasteiger partial charge in [0, 0.05) is 15.3 Å². The van der Waals surface area contributed by atoms with E-state index in [0.29, 0.717) is 17.1 Å². The van der Waals surface area contributed by atoms with E-state index in [2.05, 4.69) is 27.9 Å². The van der Waals surface area contributed by atoms with Gasteiger partial charge in [0.25, 0.3) is 0 Å². The molecule has 0 saturated carbocycles. The molecular weight excluding hydrogens is 346 g/mol. The van der Waals surface area contributed by atoms with Crippen molar-refractivity contribution in [1.82, 2.24) is 0 Å². The van der Waals surface area contributed by atoms with E-state index in [4.69, 9.17) is 10.5 Å². The van der Waals surface area contributed by atoms with Crippen LogP contribution in [0.5, 0.6) is 5.75 Å². The molecule has 3 N–H and O–H groups in total. The monoisotopic (exact) mass is 358 g/mol. The van der Waals surface area contributed by atoms with Crippen molar-refractivity contribution in [2.75, 3.05) is 18.2 Å². The smallest absolute Gasteiger partial charge is 0.146 e. The van der Waals surface area contributed by atoms with Gasteiger partial charge in [-0.3, -0.25) is 0 Å². The summed E-state index contributed by atoms with van der Waals surface area (Å²) in [5.41, 5.74) is 7.52. The molecule has 0 aliphatic heterocycles. The largest absolute Gasteiger partial charge is 0.497 e. The number of hydrogen-bond donors (Lipinski definition) is 2. The number of benzene rings is 2.